The smallest absolute Gasteiger partial charge is 0.240 e. The summed E-state index contributed by atoms with van der Waals surface area (Å²) in [6.07, 6.45) is 2.55. The Morgan fingerprint density at radius 1 is 1.03 bits per heavy atom. The van der Waals surface area contributed by atoms with Gasteiger partial charge in [0.2, 0.25) is 16.0 Å². The summed E-state index contributed by atoms with van der Waals surface area (Å²) in [5, 5.41) is 0. The van der Waals surface area contributed by atoms with Crippen molar-refractivity contribution in [1.29, 1.82) is 0 Å². The molecular weight excluding hydrogens is 432 g/mol. The standard InChI is InChI=1S/C21H26N6O4S/c1-30-18-8-3-14(11-15-13-25-21(24)27-20(15)23)12-19(18)31-10-2-9-26-32(28,29)17-6-4-16(22)5-7-17/h3-8,12-13,26H,2,9-11,22H2,1H3,(H4,23,24,25,27). The van der Waals surface area contributed by atoms with Gasteiger partial charge in [0.25, 0.3) is 0 Å². The molecule has 1 aromatic heterocycles. The third kappa shape index (κ3) is 5.99. The van der Waals surface area contributed by atoms with Gasteiger partial charge in [-0.2, -0.15) is 4.98 Å². The SMILES string of the molecule is COc1ccc(Cc2cnc(N)nc2N)cc1OCCCNS(=O)(=O)c1ccc(N)cc1. The van der Waals surface area contributed by atoms with Gasteiger partial charge in [0.05, 0.1) is 18.6 Å². The molecule has 32 heavy (non-hydrogen) atoms. The van der Waals surface area contributed by atoms with Gasteiger partial charge in [-0.25, -0.2) is 18.1 Å². The van der Waals surface area contributed by atoms with Crippen LogP contribution in [0.5, 0.6) is 11.5 Å². The molecule has 0 bridgehead atoms. The number of nitrogens with two attached hydrogens (primary N) is 3. The van der Waals surface area contributed by atoms with Crippen molar-refractivity contribution < 1.29 is 17.9 Å². The molecule has 10 nitrogen and oxygen atoms in total. The van der Waals surface area contributed by atoms with Crippen LogP contribution in [0, 0.1) is 0 Å². The zero-order valence-electron chi connectivity index (χ0n) is 17.6. The summed E-state index contributed by atoms with van der Waals surface area (Å²) in [7, 11) is -2.05. The molecular formula is C21H26N6O4S. The van der Waals surface area contributed by atoms with Gasteiger partial charge >= 0.3 is 0 Å². The van der Waals surface area contributed by atoms with Crippen LogP contribution >= 0.6 is 0 Å². The summed E-state index contributed by atoms with van der Waals surface area (Å²) in [5.74, 6) is 1.56. The van der Waals surface area contributed by atoms with Gasteiger partial charge in [-0.15, -0.1) is 0 Å². The first-order chi connectivity index (χ1) is 15.3. The Labute approximate surface area is 186 Å². The highest BCUT2D eigenvalue weighted by molar-refractivity contribution is 7.89. The number of sulfonamides is 1. The lowest BCUT2D eigenvalue weighted by molar-refractivity contribution is 0.289. The van der Waals surface area contributed by atoms with E-state index in [9.17, 15) is 8.42 Å². The Balaban J connectivity index is 1.57. The Hall–Kier alpha value is -3.57. The number of nitrogens with zero attached hydrogens (tertiary/aromatic N) is 2. The van der Waals surface area contributed by atoms with Crippen molar-refractivity contribution in [3.63, 3.8) is 0 Å². The first-order valence-corrected chi connectivity index (χ1v) is 11.3. The number of anilines is 3. The van der Waals surface area contributed by atoms with Crippen LogP contribution in [0.2, 0.25) is 0 Å². The highest BCUT2D eigenvalue weighted by Gasteiger charge is 2.13. The van der Waals surface area contributed by atoms with Gasteiger partial charge < -0.3 is 26.7 Å². The summed E-state index contributed by atoms with van der Waals surface area (Å²) in [6, 6.07) is 11.5. The molecule has 1 heterocycles. The van der Waals surface area contributed by atoms with Gasteiger partial charge in [-0.3, -0.25) is 0 Å². The van der Waals surface area contributed by atoms with Gasteiger partial charge in [-0.05, 0) is 48.4 Å². The summed E-state index contributed by atoms with van der Waals surface area (Å²) >= 11 is 0. The van der Waals surface area contributed by atoms with E-state index in [2.05, 4.69) is 14.7 Å². The monoisotopic (exact) mass is 458 g/mol. The number of hydrogen-bond donors (Lipinski definition) is 4. The van der Waals surface area contributed by atoms with E-state index in [-0.39, 0.29) is 24.0 Å². The predicted octanol–water partition coefficient (Wildman–Crippen LogP) is 1.57. The van der Waals surface area contributed by atoms with Crippen LogP contribution < -0.4 is 31.4 Å². The molecule has 0 unspecified atom stereocenters. The molecule has 11 heteroatoms. The van der Waals surface area contributed by atoms with E-state index in [4.69, 9.17) is 26.7 Å². The van der Waals surface area contributed by atoms with Gasteiger partial charge in [-0.1, -0.05) is 6.07 Å². The molecule has 170 valence electrons. The minimum absolute atomic E-state index is 0.122. The van der Waals surface area contributed by atoms with Gasteiger partial charge in [0, 0.05) is 30.4 Å². The number of hydrogen-bond acceptors (Lipinski definition) is 9. The Morgan fingerprint density at radius 2 is 1.78 bits per heavy atom. The number of benzene rings is 2. The largest absolute Gasteiger partial charge is 0.493 e. The Kier molecular flexibility index (Phi) is 7.33. The van der Waals surface area contributed by atoms with Gasteiger partial charge in [0.15, 0.2) is 11.5 Å². The molecule has 3 rings (SSSR count). The van der Waals surface area contributed by atoms with Crippen LogP contribution in [0.3, 0.4) is 0 Å². The minimum atomic E-state index is -3.60. The maximum absolute atomic E-state index is 12.3. The average molecular weight is 459 g/mol. The lowest BCUT2D eigenvalue weighted by Crippen LogP contribution is -2.25. The molecule has 2 aromatic carbocycles. The first-order valence-electron chi connectivity index (χ1n) is 9.80. The maximum Gasteiger partial charge on any atom is 0.240 e. The Bertz CT molecular complexity index is 1170. The zero-order valence-corrected chi connectivity index (χ0v) is 18.4. The van der Waals surface area contributed by atoms with Crippen molar-refractivity contribution in [2.75, 3.05) is 37.5 Å². The summed E-state index contributed by atoms with van der Waals surface area (Å²) in [5.41, 5.74) is 19.2. The maximum atomic E-state index is 12.3. The van der Waals surface area contributed by atoms with Crippen molar-refractivity contribution in [3.05, 3.63) is 59.8 Å². The van der Waals surface area contributed by atoms with Crippen LogP contribution in [0.15, 0.2) is 53.6 Å². The van der Waals surface area contributed by atoms with Gasteiger partial charge in [0.1, 0.15) is 5.82 Å². The molecule has 0 spiro atoms. The fourth-order valence-corrected chi connectivity index (χ4v) is 4.00. The molecule has 0 fully saturated rings. The van der Waals surface area contributed by atoms with E-state index in [1.54, 1.807) is 31.5 Å². The summed E-state index contributed by atoms with van der Waals surface area (Å²) < 4.78 is 38.3. The minimum Gasteiger partial charge on any atom is -0.493 e. The van der Waals surface area contributed by atoms with Crippen LogP contribution in [-0.2, 0) is 16.4 Å². The lowest BCUT2D eigenvalue weighted by Gasteiger charge is -2.13. The topological polar surface area (TPSA) is 168 Å². The normalized spacial score (nSPS) is 11.3. The van der Waals surface area contributed by atoms with E-state index < -0.39 is 10.0 Å². The van der Waals surface area contributed by atoms with Crippen molar-refractivity contribution >= 4 is 27.5 Å². The zero-order chi connectivity index (χ0) is 23.1. The van der Waals surface area contributed by atoms with Crippen molar-refractivity contribution in [2.24, 2.45) is 0 Å². The molecule has 0 atom stereocenters. The number of methoxy groups -OCH3 is 1. The van der Waals surface area contributed by atoms with E-state index in [1.165, 1.54) is 12.1 Å². The number of aromatic nitrogens is 2. The lowest BCUT2D eigenvalue weighted by atomic mass is 10.1. The number of nitrogen functional groups attached to an aromatic ring is 3. The van der Waals surface area contributed by atoms with Crippen LogP contribution in [0.1, 0.15) is 17.5 Å². The second kappa shape index (κ2) is 10.2. The molecule has 0 saturated heterocycles. The van der Waals surface area contributed by atoms with Crippen molar-refractivity contribution in [3.8, 4) is 11.5 Å². The highest BCUT2D eigenvalue weighted by atomic mass is 32.2. The molecule has 0 aliphatic rings. The third-order valence-electron chi connectivity index (χ3n) is 4.60. The van der Waals surface area contributed by atoms with E-state index in [1.807, 2.05) is 12.1 Å². The number of nitrogens with one attached hydrogen (secondary N) is 1. The van der Waals surface area contributed by atoms with Crippen molar-refractivity contribution in [1.82, 2.24) is 14.7 Å². The fraction of sp³-hybridized carbons (Fsp3) is 0.238. The van der Waals surface area contributed by atoms with Crippen LogP contribution in [0.4, 0.5) is 17.5 Å². The second-order valence-corrected chi connectivity index (χ2v) is 8.74. The third-order valence-corrected chi connectivity index (χ3v) is 6.08. The van der Waals surface area contributed by atoms with E-state index in [0.717, 1.165) is 11.1 Å². The van der Waals surface area contributed by atoms with Crippen molar-refractivity contribution in [2.45, 2.75) is 17.7 Å². The summed E-state index contributed by atoms with van der Waals surface area (Å²) in [6.45, 7) is 0.505. The van der Waals surface area contributed by atoms with Crippen LogP contribution in [0.25, 0.3) is 0 Å². The average Bonchev–Trinajstić information content (AvgIpc) is 2.76. The van der Waals surface area contributed by atoms with Crippen LogP contribution in [-0.4, -0.2) is 38.6 Å². The summed E-state index contributed by atoms with van der Waals surface area (Å²) in [4.78, 5) is 8.10. The van der Waals surface area contributed by atoms with E-state index >= 15 is 0 Å². The highest BCUT2D eigenvalue weighted by Crippen LogP contribution is 2.29. The fourth-order valence-electron chi connectivity index (χ4n) is 2.93. The molecule has 0 saturated carbocycles. The quantitative estimate of drug-likeness (QED) is 0.260. The predicted molar refractivity (Wildman–Crippen MR) is 123 cm³/mol. The first kappa shape index (κ1) is 23.1. The molecule has 3 aromatic rings. The molecule has 7 N–H and O–H groups in total. The molecule has 0 aliphatic heterocycles. The molecule has 0 aliphatic carbocycles. The number of ether oxygens (including phenoxy) is 2. The van der Waals surface area contributed by atoms with E-state index in [0.29, 0.717) is 35.8 Å². The Morgan fingerprint density at radius 3 is 2.47 bits per heavy atom. The molecule has 0 radical (unpaired) electrons. The second-order valence-electron chi connectivity index (χ2n) is 6.97. The molecule has 0 amide bonds. The number of rotatable bonds is 10.